The van der Waals surface area contributed by atoms with Crippen LogP contribution in [0.1, 0.15) is 11.1 Å². The summed E-state index contributed by atoms with van der Waals surface area (Å²) in [5, 5.41) is 21.7. The summed E-state index contributed by atoms with van der Waals surface area (Å²) in [6.45, 7) is 1.67. The van der Waals surface area contributed by atoms with Crippen LogP contribution in [0.5, 0.6) is 11.5 Å². The monoisotopic (exact) mass is 279 g/mol. The zero-order chi connectivity index (χ0) is 12.8. The van der Waals surface area contributed by atoms with Crippen LogP contribution in [0.3, 0.4) is 0 Å². The maximum atomic E-state index is 9.16. The Labute approximate surface area is 119 Å². The fourth-order valence-electron chi connectivity index (χ4n) is 1.74. The highest BCUT2D eigenvalue weighted by atomic mass is 35.5. The highest BCUT2D eigenvalue weighted by Gasteiger charge is 1.95. The number of halogens is 1. The largest absolute Gasteiger partial charge is 0.508 e. The summed E-state index contributed by atoms with van der Waals surface area (Å²) in [5.41, 5.74) is 2.35. The maximum absolute atomic E-state index is 9.16. The molecule has 2 aromatic rings. The number of benzene rings is 2. The molecule has 0 amide bonds. The molecule has 0 aliphatic rings. The molecule has 0 atom stereocenters. The van der Waals surface area contributed by atoms with E-state index in [1.54, 1.807) is 24.3 Å². The fourth-order valence-corrected chi connectivity index (χ4v) is 1.74. The molecule has 0 radical (unpaired) electrons. The molecule has 19 heavy (non-hydrogen) atoms. The van der Waals surface area contributed by atoms with Crippen molar-refractivity contribution in [3.8, 4) is 11.5 Å². The minimum atomic E-state index is 0. The lowest BCUT2D eigenvalue weighted by Crippen LogP contribution is -2.16. The number of phenolic OH excluding ortho intramolecular Hbond substituents is 2. The molecule has 0 aromatic heterocycles. The van der Waals surface area contributed by atoms with Crippen molar-refractivity contribution in [2.45, 2.75) is 13.0 Å². The van der Waals surface area contributed by atoms with E-state index >= 15 is 0 Å². The van der Waals surface area contributed by atoms with Gasteiger partial charge in [0.05, 0.1) is 0 Å². The molecule has 3 N–H and O–H groups in total. The molecule has 2 aromatic carbocycles. The molecule has 0 bridgehead atoms. The molecule has 0 aliphatic carbocycles. The Morgan fingerprint density at radius 3 is 1.74 bits per heavy atom. The van der Waals surface area contributed by atoms with E-state index in [2.05, 4.69) is 5.32 Å². The predicted molar refractivity (Wildman–Crippen MR) is 78.9 cm³/mol. The second-order valence-electron chi connectivity index (χ2n) is 4.26. The first kappa shape index (κ1) is 15.3. The molecule has 3 nitrogen and oxygen atoms in total. The van der Waals surface area contributed by atoms with E-state index in [0.717, 1.165) is 25.1 Å². The highest BCUT2D eigenvalue weighted by molar-refractivity contribution is 5.85. The lowest BCUT2D eigenvalue weighted by atomic mass is 10.1. The summed E-state index contributed by atoms with van der Waals surface area (Å²) >= 11 is 0. The third kappa shape index (κ3) is 5.20. The summed E-state index contributed by atoms with van der Waals surface area (Å²) in [4.78, 5) is 0. The lowest BCUT2D eigenvalue weighted by Gasteiger charge is -2.05. The summed E-state index contributed by atoms with van der Waals surface area (Å²) in [6, 6.07) is 14.5. The van der Waals surface area contributed by atoms with Crippen LogP contribution in [0.2, 0.25) is 0 Å². The zero-order valence-electron chi connectivity index (χ0n) is 10.5. The maximum Gasteiger partial charge on any atom is 0.115 e. The molecule has 0 unspecified atom stereocenters. The minimum absolute atomic E-state index is 0. The van der Waals surface area contributed by atoms with E-state index in [-0.39, 0.29) is 12.4 Å². The Morgan fingerprint density at radius 1 is 0.737 bits per heavy atom. The van der Waals surface area contributed by atoms with Crippen molar-refractivity contribution in [3.63, 3.8) is 0 Å². The van der Waals surface area contributed by atoms with Gasteiger partial charge in [0.15, 0.2) is 0 Å². The lowest BCUT2D eigenvalue weighted by molar-refractivity contribution is 0.474. The van der Waals surface area contributed by atoms with Crippen LogP contribution >= 0.6 is 12.4 Å². The third-order valence-electron chi connectivity index (χ3n) is 2.79. The molecule has 2 rings (SSSR count). The first-order chi connectivity index (χ1) is 8.74. The van der Waals surface area contributed by atoms with E-state index in [9.17, 15) is 0 Å². The smallest absolute Gasteiger partial charge is 0.115 e. The van der Waals surface area contributed by atoms with Crippen molar-refractivity contribution in [3.05, 3.63) is 59.7 Å². The number of nitrogens with one attached hydrogen (secondary N) is 1. The first-order valence-corrected chi connectivity index (χ1v) is 6.00. The van der Waals surface area contributed by atoms with Crippen molar-refractivity contribution >= 4 is 12.4 Å². The van der Waals surface area contributed by atoms with Crippen LogP contribution in [-0.2, 0) is 13.0 Å². The van der Waals surface area contributed by atoms with Gasteiger partial charge in [0.25, 0.3) is 0 Å². The number of hydrogen-bond donors (Lipinski definition) is 3. The molecule has 0 saturated carbocycles. The van der Waals surface area contributed by atoms with Gasteiger partial charge in [0, 0.05) is 6.54 Å². The first-order valence-electron chi connectivity index (χ1n) is 6.00. The zero-order valence-corrected chi connectivity index (χ0v) is 11.4. The van der Waals surface area contributed by atoms with Crippen LogP contribution in [0.25, 0.3) is 0 Å². The number of aromatic hydroxyl groups is 2. The topological polar surface area (TPSA) is 52.5 Å². The van der Waals surface area contributed by atoms with Crippen molar-refractivity contribution < 1.29 is 10.2 Å². The molecular weight excluding hydrogens is 262 g/mol. The van der Waals surface area contributed by atoms with E-state index in [1.165, 1.54) is 5.56 Å². The van der Waals surface area contributed by atoms with E-state index in [1.807, 2.05) is 24.3 Å². The Hall–Kier alpha value is -1.71. The van der Waals surface area contributed by atoms with Crippen molar-refractivity contribution in [1.29, 1.82) is 0 Å². The van der Waals surface area contributed by atoms with Crippen molar-refractivity contribution in [2.75, 3.05) is 6.54 Å². The SMILES string of the molecule is Cl.Oc1ccc(CCNCc2ccc(O)cc2)cc1. The second-order valence-corrected chi connectivity index (χ2v) is 4.26. The molecule has 102 valence electrons. The van der Waals surface area contributed by atoms with Gasteiger partial charge in [-0.1, -0.05) is 24.3 Å². The van der Waals surface area contributed by atoms with Crippen molar-refractivity contribution in [2.24, 2.45) is 0 Å². The summed E-state index contributed by atoms with van der Waals surface area (Å²) in [7, 11) is 0. The number of phenols is 2. The van der Waals surface area contributed by atoms with Crippen LogP contribution in [0, 0.1) is 0 Å². The average Bonchev–Trinajstić information content (AvgIpc) is 2.39. The molecule has 0 fully saturated rings. The third-order valence-corrected chi connectivity index (χ3v) is 2.79. The molecule has 0 heterocycles. The van der Waals surface area contributed by atoms with Crippen molar-refractivity contribution in [1.82, 2.24) is 5.32 Å². The Morgan fingerprint density at radius 2 is 1.21 bits per heavy atom. The molecule has 0 spiro atoms. The van der Waals surface area contributed by atoms with Gasteiger partial charge in [-0.25, -0.2) is 0 Å². The number of hydrogen-bond acceptors (Lipinski definition) is 3. The van der Waals surface area contributed by atoms with Gasteiger partial charge in [-0.2, -0.15) is 0 Å². The van der Waals surface area contributed by atoms with Gasteiger partial charge in [-0.3, -0.25) is 0 Å². The molecule has 0 aliphatic heterocycles. The standard InChI is InChI=1S/C15H17NO2.ClH/c17-14-5-1-12(2-6-14)9-10-16-11-13-3-7-15(18)8-4-13;/h1-8,16-18H,9-11H2;1H. The average molecular weight is 280 g/mol. The van der Waals surface area contributed by atoms with Gasteiger partial charge in [-0.15, -0.1) is 12.4 Å². The fraction of sp³-hybridized carbons (Fsp3) is 0.200. The normalized spacial score (nSPS) is 9.89. The van der Waals surface area contributed by atoms with Gasteiger partial charge >= 0.3 is 0 Å². The number of rotatable bonds is 5. The van der Waals surface area contributed by atoms with Crippen LogP contribution < -0.4 is 5.32 Å². The van der Waals surface area contributed by atoms with Crippen LogP contribution in [0.15, 0.2) is 48.5 Å². The Balaban J connectivity index is 0.00000180. The molecular formula is C15H18ClNO2. The second kappa shape index (κ2) is 7.67. The van der Waals surface area contributed by atoms with E-state index < -0.39 is 0 Å². The minimum Gasteiger partial charge on any atom is -0.508 e. The van der Waals surface area contributed by atoms with Gasteiger partial charge in [0.2, 0.25) is 0 Å². The predicted octanol–water partition coefficient (Wildman–Crippen LogP) is 2.85. The molecule has 4 heteroatoms. The van der Waals surface area contributed by atoms with Gasteiger partial charge in [0.1, 0.15) is 11.5 Å². The quantitative estimate of drug-likeness (QED) is 0.738. The Kier molecular flexibility index (Phi) is 6.19. The van der Waals surface area contributed by atoms with Gasteiger partial charge < -0.3 is 15.5 Å². The Bertz CT molecular complexity index is 435. The highest BCUT2D eigenvalue weighted by Crippen LogP contribution is 2.10. The van der Waals surface area contributed by atoms with E-state index in [4.69, 9.17) is 10.2 Å². The van der Waals surface area contributed by atoms with E-state index in [0.29, 0.717) is 11.5 Å². The summed E-state index contributed by atoms with van der Waals surface area (Å²) in [6.07, 6.45) is 0.929. The summed E-state index contributed by atoms with van der Waals surface area (Å²) < 4.78 is 0. The van der Waals surface area contributed by atoms with Gasteiger partial charge in [-0.05, 0) is 48.4 Å². The molecule has 0 saturated heterocycles. The van der Waals surface area contributed by atoms with Crippen LogP contribution in [0.4, 0.5) is 0 Å². The van der Waals surface area contributed by atoms with Crippen LogP contribution in [-0.4, -0.2) is 16.8 Å². The summed E-state index contributed by atoms with van der Waals surface area (Å²) in [5.74, 6) is 0.596.